The standard InChI is InChI=1S/C14H14N4/c15-17-13-5-1-3-9-7-12-10(8-11(9)13)4-2-6-14(12)18-16/h1-8,17-18H,15-16H2. The van der Waals surface area contributed by atoms with Gasteiger partial charge in [0.1, 0.15) is 0 Å². The van der Waals surface area contributed by atoms with Gasteiger partial charge in [0.2, 0.25) is 0 Å². The fraction of sp³-hybridized carbons (Fsp3) is 0. The molecule has 18 heavy (non-hydrogen) atoms. The minimum absolute atomic E-state index is 0.917. The predicted octanol–water partition coefficient (Wildman–Crippen LogP) is 2.56. The second kappa shape index (κ2) is 4.18. The number of nitrogens with two attached hydrogens (primary N) is 2. The third kappa shape index (κ3) is 1.55. The van der Waals surface area contributed by atoms with Gasteiger partial charge in [-0.05, 0) is 35.0 Å². The Morgan fingerprint density at radius 1 is 0.667 bits per heavy atom. The molecule has 0 fully saturated rings. The Balaban J connectivity index is 2.43. The molecule has 0 aliphatic carbocycles. The summed E-state index contributed by atoms with van der Waals surface area (Å²) in [6, 6.07) is 16.2. The van der Waals surface area contributed by atoms with Crippen LogP contribution in [0, 0.1) is 0 Å². The van der Waals surface area contributed by atoms with E-state index in [1.54, 1.807) is 0 Å². The van der Waals surface area contributed by atoms with Gasteiger partial charge >= 0.3 is 0 Å². The summed E-state index contributed by atoms with van der Waals surface area (Å²) in [6.45, 7) is 0. The highest BCUT2D eigenvalue weighted by Crippen LogP contribution is 2.31. The smallest absolute Gasteiger partial charge is 0.0563 e. The zero-order valence-corrected chi connectivity index (χ0v) is 9.77. The molecular formula is C14H14N4. The summed E-state index contributed by atoms with van der Waals surface area (Å²) >= 11 is 0. The van der Waals surface area contributed by atoms with Crippen molar-refractivity contribution in [3.63, 3.8) is 0 Å². The molecule has 0 aromatic heterocycles. The maximum atomic E-state index is 5.53. The van der Waals surface area contributed by atoms with E-state index in [0.29, 0.717) is 0 Å². The van der Waals surface area contributed by atoms with Crippen molar-refractivity contribution in [3.8, 4) is 0 Å². The Labute approximate surface area is 105 Å². The number of benzene rings is 3. The van der Waals surface area contributed by atoms with Crippen LogP contribution in [0.2, 0.25) is 0 Å². The molecule has 0 heterocycles. The number of fused-ring (bicyclic) bond motifs is 2. The Hall–Kier alpha value is -2.30. The predicted molar refractivity (Wildman–Crippen MR) is 77.1 cm³/mol. The van der Waals surface area contributed by atoms with E-state index in [1.807, 2.05) is 24.3 Å². The van der Waals surface area contributed by atoms with Gasteiger partial charge in [-0.25, -0.2) is 0 Å². The van der Waals surface area contributed by atoms with E-state index < -0.39 is 0 Å². The first kappa shape index (κ1) is 10.8. The van der Waals surface area contributed by atoms with E-state index in [1.165, 1.54) is 0 Å². The Kier molecular flexibility index (Phi) is 2.51. The lowest BCUT2D eigenvalue weighted by Gasteiger charge is -2.10. The van der Waals surface area contributed by atoms with E-state index in [9.17, 15) is 0 Å². The second-order valence-electron chi connectivity index (χ2n) is 4.19. The highest BCUT2D eigenvalue weighted by molar-refractivity contribution is 6.07. The Morgan fingerprint density at radius 2 is 1.11 bits per heavy atom. The Morgan fingerprint density at radius 3 is 1.50 bits per heavy atom. The average molecular weight is 238 g/mol. The van der Waals surface area contributed by atoms with E-state index in [0.717, 1.165) is 32.9 Å². The minimum atomic E-state index is 0.917. The van der Waals surface area contributed by atoms with Gasteiger partial charge in [0.15, 0.2) is 0 Å². The van der Waals surface area contributed by atoms with Gasteiger partial charge in [-0.1, -0.05) is 24.3 Å². The first-order valence-electron chi connectivity index (χ1n) is 5.72. The molecular weight excluding hydrogens is 224 g/mol. The van der Waals surface area contributed by atoms with Crippen molar-refractivity contribution in [1.29, 1.82) is 0 Å². The average Bonchev–Trinajstić information content (AvgIpc) is 2.43. The summed E-state index contributed by atoms with van der Waals surface area (Å²) < 4.78 is 0. The van der Waals surface area contributed by atoms with Crippen LogP contribution < -0.4 is 22.5 Å². The molecule has 0 aliphatic rings. The van der Waals surface area contributed by atoms with Crippen molar-refractivity contribution in [3.05, 3.63) is 48.5 Å². The van der Waals surface area contributed by atoms with Gasteiger partial charge in [-0.3, -0.25) is 11.7 Å². The molecule has 3 aromatic rings. The number of nitrogen functional groups attached to an aromatic ring is 2. The highest BCUT2D eigenvalue weighted by Gasteiger charge is 2.04. The number of hydrazine groups is 2. The SMILES string of the molecule is NNc1cccc2cc3c(NN)cccc3cc12. The largest absolute Gasteiger partial charge is 0.324 e. The van der Waals surface area contributed by atoms with E-state index in [4.69, 9.17) is 11.7 Å². The fourth-order valence-corrected chi connectivity index (χ4v) is 2.30. The van der Waals surface area contributed by atoms with E-state index in [-0.39, 0.29) is 0 Å². The van der Waals surface area contributed by atoms with Crippen molar-refractivity contribution in [2.75, 3.05) is 10.9 Å². The number of hydrogen-bond acceptors (Lipinski definition) is 4. The van der Waals surface area contributed by atoms with Gasteiger partial charge < -0.3 is 10.9 Å². The first-order valence-corrected chi connectivity index (χ1v) is 5.72. The van der Waals surface area contributed by atoms with E-state index >= 15 is 0 Å². The summed E-state index contributed by atoms with van der Waals surface area (Å²) in [5.74, 6) is 11.1. The Bertz CT molecular complexity index is 658. The summed E-state index contributed by atoms with van der Waals surface area (Å²) in [4.78, 5) is 0. The molecule has 0 aliphatic heterocycles. The molecule has 4 nitrogen and oxygen atoms in total. The van der Waals surface area contributed by atoms with E-state index in [2.05, 4.69) is 35.1 Å². The summed E-state index contributed by atoms with van der Waals surface area (Å²) in [5.41, 5.74) is 7.28. The maximum Gasteiger partial charge on any atom is 0.0563 e. The molecule has 90 valence electrons. The molecule has 0 saturated carbocycles. The zero-order valence-electron chi connectivity index (χ0n) is 9.77. The van der Waals surface area contributed by atoms with Gasteiger partial charge in [0.25, 0.3) is 0 Å². The summed E-state index contributed by atoms with van der Waals surface area (Å²) in [6.07, 6.45) is 0. The van der Waals surface area contributed by atoms with Crippen LogP contribution in [0.25, 0.3) is 21.5 Å². The third-order valence-electron chi connectivity index (χ3n) is 3.19. The lowest BCUT2D eigenvalue weighted by Crippen LogP contribution is -2.07. The van der Waals surface area contributed by atoms with Gasteiger partial charge in [-0.15, -0.1) is 0 Å². The van der Waals surface area contributed by atoms with Crippen molar-refractivity contribution in [2.45, 2.75) is 0 Å². The van der Waals surface area contributed by atoms with Crippen LogP contribution in [0.1, 0.15) is 0 Å². The molecule has 0 bridgehead atoms. The topological polar surface area (TPSA) is 76.1 Å². The lowest BCUT2D eigenvalue weighted by atomic mass is 10.0. The van der Waals surface area contributed by atoms with Crippen molar-refractivity contribution < 1.29 is 0 Å². The molecule has 0 unspecified atom stereocenters. The molecule has 6 N–H and O–H groups in total. The lowest BCUT2D eigenvalue weighted by molar-refractivity contribution is 1.36. The van der Waals surface area contributed by atoms with Crippen LogP contribution in [0.15, 0.2) is 48.5 Å². The van der Waals surface area contributed by atoms with Gasteiger partial charge in [-0.2, -0.15) is 0 Å². The van der Waals surface area contributed by atoms with Crippen molar-refractivity contribution in [1.82, 2.24) is 0 Å². The van der Waals surface area contributed by atoms with Crippen LogP contribution in [-0.4, -0.2) is 0 Å². The number of anilines is 2. The molecule has 0 spiro atoms. The molecule has 4 heteroatoms. The van der Waals surface area contributed by atoms with Crippen LogP contribution >= 0.6 is 0 Å². The molecule has 3 aromatic carbocycles. The minimum Gasteiger partial charge on any atom is -0.324 e. The monoisotopic (exact) mass is 238 g/mol. The van der Waals surface area contributed by atoms with Gasteiger partial charge in [0.05, 0.1) is 11.4 Å². The van der Waals surface area contributed by atoms with Crippen molar-refractivity contribution in [2.24, 2.45) is 11.7 Å². The third-order valence-corrected chi connectivity index (χ3v) is 3.19. The first-order chi connectivity index (χ1) is 8.83. The quantitative estimate of drug-likeness (QED) is 0.314. The highest BCUT2D eigenvalue weighted by atomic mass is 15.2. The molecule has 0 atom stereocenters. The van der Waals surface area contributed by atoms with Crippen molar-refractivity contribution >= 4 is 32.9 Å². The van der Waals surface area contributed by atoms with Crippen LogP contribution in [0.3, 0.4) is 0 Å². The zero-order chi connectivity index (χ0) is 12.5. The van der Waals surface area contributed by atoms with Crippen LogP contribution in [-0.2, 0) is 0 Å². The summed E-state index contributed by atoms with van der Waals surface area (Å²) in [5, 5.41) is 4.45. The molecule has 0 radical (unpaired) electrons. The second-order valence-corrected chi connectivity index (χ2v) is 4.19. The number of hydrogen-bond donors (Lipinski definition) is 4. The van der Waals surface area contributed by atoms with Crippen LogP contribution in [0.5, 0.6) is 0 Å². The number of rotatable bonds is 2. The maximum absolute atomic E-state index is 5.53. The molecule has 3 rings (SSSR count). The molecule has 0 saturated heterocycles. The van der Waals surface area contributed by atoms with Gasteiger partial charge in [0, 0.05) is 10.8 Å². The fourth-order valence-electron chi connectivity index (χ4n) is 2.30. The normalized spacial score (nSPS) is 10.8. The molecule has 0 amide bonds. The number of nitrogens with one attached hydrogen (secondary N) is 2. The van der Waals surface area contributed by atoms with Crippen LogP contribution in [0.4, 0.5) is 11.4 Å². The summed E-state index contributed by atoms with van der Waals surface area (Å²) in [7, 11) is 0.